The molecule has 7 nitrogen and oxygen atoms in total. The lowest BCUT2D eigenvalue weighted by atomic mass is 10.0. The van der Waals surface area contributed by atoms with Crippen molar-refractivity contribution in [3.05, 3.63) is 58.7 Å². The minimum atomic E-state index is -0.603. The van der Waals surface area contributed by atoms with Gasteiger partial charge in [0.1, 0.15) is 17.9 Å². The van der Waals surface area contributed by atoms with Gasteiger partial charge in [0.2, 0.25) is 5.91 Å². The fourth-order valence-corrected chi connectivity index (χ4v) is 3.97. The highest BCUT2D eigenvalue weighted by atomic mass is 35.5. The van der Waals surface area contributed by atoms with Crippen molar-refractivity contribution in [2.24, 2.45) is 5.92 Å². The number of nitrogens with zero attached hydrogens (tertiary/aromatic N) is 4. The van der Waals surface area contributed by atoms with Crippen molar-refractivity contribution in [3.8, 4) is 6.07 Å². The number of aromatic nitrogens is 1. The van der Waals surface area contributed by atoms with E-state index >= 15 is 0 Å². The molecule has 0 spiro atoms. The summed E-state index contributed by atoms with van der Waals surface area (Å²) in [5.74, 6) is 0.525. The molecule has 0 saturated carbocycles. The molecule has 1 aromatic carbocycles. The van der Waals surface area contributed by atoms with Crippen LogP contribution >= 0.6 is 11.6 Å². The lowest BCUT2D eigenvalue weighted by Crippen LogP contribution is -2.50. The molecule has 8 heteroatoms. The smallest absolute Gasteiger partial charge is 0.251 e. The molecule has 1 atom stereocenters. The minimum Gasteiger partial charge on any atom is -0.354 e. The lowest BCUT2D eigenvalue weighted by molar-refractivity contribution is -0.133. The van der Waals surface area contributed by atoms with E-state index in [0.717, 1.165) is 6.42 Å². The Morgan fingerprint density at radius 3 is 2.59 bits per heavy atom. The second-order valence-corrected chi connectivity index (χ2v) is 8.75. The van der Waals surface area contributed by atoms with Crippen LogP contribution in [0.15, 0.2) is 42.6 Å². The number of hydrogen-bond acceptors (Lipinski definition) is 5. The van der Waals surface area contributed by atoms with Gasteiger partial charge in [0.05, 0.1) is 5.56 Å². The topological polar surface area (TPSA) is 89.3 Å². The van der Waals surface area contributed by atoms with Gasteiger partial charge in [-0.05, 0) is 55.2 Å². The van der Waals surface area contributed by atoms with E-state index in [2.05, 4.69) is 21.3 Å². The van der Waals surface area contributed by atoms with Crippen LogP contribution in [0.4, 0.5) is 5.82 Å². The van der Waals surface area contributed by atoms with Crippen LogP contribution in [-0.4, -0.2) is 53.9 Å². The van der Waals surface area contributed by atoms with Gasteiger partial charge in [-0.15, -0.1) is 0 Å². The van der Waals surface area contributed by atoms with E-state index in [0.29, 0.717) is 54.6 Å². The first kappa shape index (κ1) is 23.6. The standard InChI is InChI=1S/C24H28ClN5O2/c1-17(2)15-21(28-23(31)18-6-8-20(25)9-7-18)24(32)30-12-4-11-29(13-14-30)22-19(16-26)5-3-10-27-22/h3,5-10,17,21H,4,11-15H2,1-2H3,(H,28,31). The number of hydrogen-bond donors (Lipinski definition) is 1. The van der Waals surface area contributed by atoms with Gasteiger partial charge in [-0.25, -0.2) is 4.98 Å². The zero-order valence-corrected chi connectivity index (χ0v) is 19.2. The summed E-state index contributed by atoms with van der Waals surface area (Å²) in [6.45, 7) is 6.45. The van der Waals surface area contributed by atoms with Gasteiger partial charge in [0.15, 0.2) is 0 Å². The second kappa shape index (κ2) is 11.0. The summed E-state index contributed by atoms with van der Waals surface area (Å²) in [6, 6.07) is 11.7. The van der Waals surface area contributed by atoms with E-state index in [1.54, 1.807) is 42.6 Å². The maximum atomic E-state index is 13.4. The summed E-state index contributed by atoms with van der Waals surface area (Å²) in [5, 5.41) is 12.9. The van der Waals surface area contributed by atoms with Gasteiger partial charge in [0, 0.05) is 43.0 Å². The number of anilines is 1. The molecular weight excluding hydrogens is 426 g/mol. The molecule has 168 valence electrons. The highest BCUT2D eigenvalue weighted by molar-refractivity contribution is 6.30. The predicted molar refractivity (Wildman–Crippen MR) is 125 cm³/mol. The summed E-state index contributed by atoms with van der Waals surface area (Å²) in [5.41, 5.74) is 0.998. The summed E-state index contributed by atoms with van der Waals surface area (Å²) < 4.78 is 0. The maximum Gasteiger partial charge on any atom is 0.251 e. The fourth-order valence-electron chi connectivity index (χ4n) is 3.84. The second-order valence-electron chi connectivity index (χ2n) is 8.31. The van der Waals surface area contributed by atoms with Crippen molar-refractivity contribution in [1.82, 2.24) is 15.2 Å². The summed E-state index contributed by atoms with van der Waals surface area (Å²) >= 11 is 5.91. The molecule has 3 rings (SSSR count). The number of benzene rings is 1. The number of carbonyl (C=O) groups excluding carboxylic acids is 2. The molecule has 1 fully saturated rings. The zero-order valence-electron chi connectivity index (χ0n) is 18.4. The molecule has 1 unspecified atom stereocenters. The molecule has 2 amide bonds. The number of pyridine rings is 1. The molecule has 2 heterocycles. The Bertz CT molecular complexity index is 987. The maximum absolute atomic E-state index is 13.4. The van der Waals surface area contributed by atoms with Gasteiger partial charge < -0.3 is 15.1 Å². The molecule has 0 radical (unpaired) electrons. The Hall–Kier alpha value is -3.11. The van der Waals surface area contributed by atoms with Gasteiger partial charge >= 0.3 is 0 Å². The third-order valence-electron chi connectivity index (χ3n) is 5.43. The molecule has 32 heavy (non-hydrogen) atoms. The van der Waals surface area contributed by atoms with Gasteiger partial charge in [0.25, 0.3) is 5.91 Å². The van der Waals surface area contributed by atoms with Crippen molar-refractivity contribution in [1.29, 1.82) is 5.26 Å². The predicted octanol–water partition coefficient (Wildman–Crippen LogP) is 3.49. The number of nitriles is 1. The van der Waals surface area contributed by atoms with Crippen LogP contribution in [0.5, 0.6) is 0 Å². The van der Waals surface area contributed by atoms with E-state index < -0.39 is 6.04 Å². The molecule has 1 saturated heterocycles. The minimum absolute atomic E-state index is 0.0793. The van der Waals surface area contributed by atoms with Crippen molar-refractivity contribution >= 4 is 29.2 Å². The van der Waals surface area contributed by atoms with Crippen LogP contribution in [0.3, 0.4) is 0 Å². The highest BCUT2D eigenvalue weighted by Crippen LogP contribution is 2.19. The zero-order chi connectivity index (χ0) is 23.1. The number of carbonyl (C=O) groups is 2. The normalized spacial score (nSPS) is 15.1. The van der Waals surface area contributed by atoms with Crippen LogP contribution in [0.1, 0.15) is 42.6 Å². The quantitative estimate of drug-likeness (QED) is 0.723. The highest BCUT2D eigenvalue weighted by Gasteiger charge is 2.29. The molecule has 2 aromatic rings. The summed E-state index contributed by atoms with van der Waals surface area (Å²) in [4.78, 5) is 34.3. The molecule has 1 aliphatic rings. The molecule has 0 aliphatic carbocycles. The van der Waals surface area contributed by atoms with Gasteiger partial charge in [-0.1, -0.05) is 25.4 Å². The summed E-state index contributed by atoms with van der Waals surface area (Å²) in [7, 11) is 0. The van der Waals surface area contributed by atoms with E-state index in [1.165, 1.54) is 0 Å². The van der Waals surface area contributed by atoms with Crippen molar-refractivity contribution in [3.63, 3.8) is 0 Å². The molecule has 1 N–H and O–H groups in total. The van der Waals surface area contributed by atoms with E-state index in [9.17, 15) is 14.9 Å². The third kappa shape index (κ3) is 5.98. The Kier molecular flexibility index (Phi) is 8.07. The van der Waals surface area contributed by atoms with Crippen LogP contribution in [0.2, 0.25) is 5.02 Å². The Labute approximate surface area is 194 Å². The van der Waals surface area contributed by atoms with Crippen LogP contribution < -0.4 is 10.2 Å². The Morgan fingerprint density at radius 1 is 1.16 bits per heavy atom. The van der Waals surface area contributed by atoms with Gasteiger partial charge in [-0.2, -0.15) is 5.26 Å². The van der Waals surface area contributed by atoms with Crippen molar-refractivity contribution in [2.45, 2.75) is 32.7 Å². The molecule has 1 aliphatic heterocycles. The SMILES string of the molecule is CC(C)CC(NC(=O)c1ccc(Cl)cc1)C(=O)N1CCCN(c2ncccc2C#N)CC1. The lowest BCUT2D eigenvalue weighted by Gasteiger charge is -2.28. The van der Waals surface area contributed by atoms with Crippen LogP contribution in [0, 0.1) is 17.2 Å². The first-order chi connectivity index (χ1) is 15.4. The van der Waals surface area contributed by atoms with E-state index in [-0.39, 0.29) is 17.7 Å². The first-order valence-corrected chi connectivity index (χ1v) is 11.2. The Balaban J connectivity index is 1.70. The number of nitrogens with one attached hydrogen (secondary N) is 1. The fraction of sp³-hybridized carbons (Fsp3) is 0.417. The first-order valence-electron chi connectivity index (χ1n) is 10.8. The van der Waals surface area contributed by atoms with Crippen LogP contribution in [-0.2, 0) is 4.79 Å². The molecule has 0 bridgehead atoms. The number of halogens is 1. The van der Waals surface area contributed by atoms with Crippen molar-refractivity contribution in [2.75, 3.05) is 31.1 Å². The monoisotopic (exact) mass is 453 g/mol. The molecular formula is C24H28ClN5O2. The van der Waals surface area contributed by atoms with Gasteiger partial charge in [-0.3, -0.25) is 9.59 Å². The largest absolute Gasteiger partial charge is 0.354 e. The average molecular weight is 454 g/mol. The number of amides is 2. The van der Waals surface area contributed by atoms with E-state index in [4.69, 9.17) is 11.6 Å². The van der Waals surface area contributed by atoms with E-state index in [1.807, 2.05) is 18.7 Å². The molecule has 1 aromatic heterocycles. The third-order valence-corrected chi connectivity index (χ3v) is 5.68. The van der Waals surface area contributed by atoms with Crippen LogP contribution in [0.25, 0.3) is 0 Å². The Morgan fingerprint density at radius 2 is 1.91 bits per heavy atom. The van der Waals surface area contributed by atoms with Crippen molar-refractivity contribution < 1.29 is 9.59 Å². The number of rotatable bonds is 6. The summed E-state index contributed by atoms with van der Waals surface area (Å²) in [6.07, 6.45) is 2.98. The average Bonchev–Trinajstić information content (AvgIpc) is 3.04.